The molecule has 0 aliphatic rings. The van der Waals surface area contributed by atoms with Gasteiger partial charge in [-0.05, 0) is 20.3 Å². The van der Waals surface area contributed by atoms with E-state index in [9.17, 15) is 0 Å². The molecule has 1 atom stereocenters. The Hall–Kier alpha value is -0.300. The van der Waals surface area contributed by atoms with Gasteiger partial charge >= 0.3 is 0 Å². The maximum absolute atomic E-state index is 5.30. The van der Waals surface area contributed by atoms with Crippen LogP contribution in [0.25, 0.3) is 0 Å². The van der Waals surface area contributed by atoms with E-state index in [1.165, 1.54) is 6.42 Å². The zero-order valence-corrected chi connectivity index (χ0v) is 7.26. The van der Waals surface area contributed by atoms with Crippen LogP contribution in [0.15, 0.2) is 12.2 Å². The molecule has 0 radical (unpaired) electrons. The summed E-state index contributed by atoms with van der Waals surface area (Å²) >= 11 is 0. The summed E-state index contributed by atoms with van der Waals surface area (Å²) in [4.78, 5) is 0. The highest BCUT2D eigenvalue weighted by atomic mass is 16.5. The molecule has 60 valence electrons. The van der Waals surface area contributed by atoms with Crippen molar-refractivity contribution in [2.45, 2.75) is 39.7 Å². The van der Waals surface area contributed by atoms with E-state index < -0.39 is 0 Å². The highest BCUT2D eigenvalue weighted by Gasteiger charge is 1.90. The van der Waals surface area contributed by atoms with Crippen LogP contribution in [0.2, 0.25) is 0 Å². The SMILES string of the molecule is CCCC=CC(C)OCC. The Kier molecular flexibility index (Phi) is 6.61. The number of unbranched alkanes of at least 4 members (excludes halogenated alkanes) is 1. The van der Waals surface area contributed by atoms with Gasteiger partial charge in [-0.2, -0.15) is 0 Å². The summed E-state index contributed by atoms with van der Waals surface area (Å²) in [5.74, 6) is 0. The molecule has 0 heterocycles. The van der Waals surface area contributed by atoms with E-state index in [0.29, 0.717) is 0 Å². The Labute approximate surface area is 64.1 Å². The van der Waals surface area contributed by atoms with Gasteiger partial charge < -0.3 is 4.74 Å². The van der Waals surface area contributed by atoms with Crippen LogP contribution >= 0.6 is 0 Å². The van der Waals surface area contributed by atoms with Crippen molar-refractivity contribution in [1.29, 1.82) is 0 Å². The Morgan fingerprint density at radius 1 is 1.40 bits per heavy atom. The van der Waals surface area contributed by atoms with Crippen molar-refractivity contribution < 1.29 is 4.74 Å². The lowest BCUT2D eigenvalue weighted by Gasteiger charge is -2.04. The van der Waals surface area contributed by atoms with Gasteiger partial charge in [-0.3, -0.25) is 0 Å². The van der Waals surface area contributed by atoms with Gasteiger partial charge in [0.1, 0.15) is 0 Å². The first-order valence-corrected chi connectivity index (χ1v) is 4.09. The summed E-state index contributed by atoms with van der Waals surface area (Å²) in [7, 11) is 0. The molecule has 0 saturated carbocycles. The molecule has 1 unspecified atom stereocenters. The summed E-state index contributed by atoms with van der Waals surface area (Å²) in [6.45, 7) is 7.06. The largest absolute Gasteiger partial charge is 0.375 e. The van der Waals surface area contributed by atoms with Crippen LogP contribution in [0.5, 0.6) is 0 Å². The van der Waals surface area contributed by atoms with E-state index in [1.54, 1.807) is 0 Å². The van der Waals surface area contributed by atoms with Crippen molar-refractivity contribution in [1.82, 2.24) is 0 Å². The zero-order valence-electron chi connectivity index (χ0n) is 7.26. The van der Waals surface area contributed by atoms with E-state index >= 15 is 0 Å². The Morgan fingerprint density at radius 2 is 2.10 bits per heavy atom. The fraction of sp³-hybridized carbons (Fsp3) is 0.778. The summed E-state index contributed by atoms with van der Waals surface area (Å²) in [5.41, 5.74) is 0. The molecule has 0 amide bonds. The van der Waals surface area contributed by atoms with Crippen LogP contribution in [-0.2, 0) is 4.74 Å². The molecule has 0 aromatic heterocycles. The molecule has 0 aliphatic carbocycles. The lowest BCUT2D eigenvalue weighted by molar-refractivity contribution is 0.109. The number of allylic oxidation sites excluding steroid dienone is 1. The predicted molar refractivity (Wildman–Crippen MR) is 45.1 cm³/mol. The van der Waals surface area contributed by atoms with Crippen molar-refractivity contribution in [3.8, 4) is 0 Å². The molecule has 0 saturated heterocycles. The second kappa shape index (κ2) is 6.81. The Bertz CT molecular complexity index is 86.7. The van der Waals surface area contributed by atoms with Crippen LogP contribution in [-0.4, -0.2) is 12.7 Å². The third-order valence-corrected chi connectivity index (χ3v) is 1.29. The van der Waals surface area contributed by atoms with Crippen LogP contribution in [0.1, 0.15) is 33.6 Å². The smallest absolute Gasteiger partial charge is 0.0727 e. The molecule has 0 aromatic rings. The first-order valence-electron chi connectivity index (χ1n) is 4.09. The van der Waals surface area contributed by atoms with E-state index in [4.69, 9.17) is 4.74 Å². The molecule has 0 bridgehead atoms. The number of rotatable bonds is 5. The standard InChI is InChI=1S/C9H18O/c1-4-6-7-8-9(3)10-5-2/h7-9H,4-6H2,1-3H3. The highest BCUT2D eigenvalue weighted by molar-refractivity contribution is 4.86. The third-order valence-electron chi connectivity index (χ3n) is 1.29. The minimum absolute atomic E-state index is 0.288. The van der Waals surface area contributed by atoms with E-state index in [1.807, 2.05) is 6.92 Å². The number of hydrogen-bond acceptors (Lipinski definition) is 1. The van der Waals surface area contributed by atoms with E-state index in [2.05, 4.69) is 26.0 Å². The fourth-order valence-corrected chi connectivity index (χ4v) is 0.773. The van der Waals surface area contributed by atoms with Crippen LogP contribution < -0.4 is 0 Å². The van der Waals surface area contributed by atoms with Crippen LogP contribution in [0.3, 0.4) is 0 Å². The van der Waals surface area contributed by atoms with Crippen molar-refractivity contribution in [3.63, 3.8) is 0 Å². The second-order valence-corrected chi connectivity index (χ2v) is 2.38. The third kappa shape index (κ3) is 5.83. The first-order chi connectivity index (χ1) is 4.81. The molecule has 10 heavy (non-hydrogen) atoms. The Morgan fingerprint density at radius 3 is 2.60 bits per heavy atom. The van der Waals surface area contributed by atoms with Gasteiger partial charge in [-0.25, -0.2) is 0 Å². The summed E-state index contributed by atoms with van der Waals surface area (Å²) < 4.78 is 5.30. The van der Waals surface area contributed by atoms with Crippen molar-refractivity contribution in [3.05, 3.63) is 12.2 Å². The molecule has 1 heteroatoms. The summed E-state index contributed by atoms with van der Waals surface area (Å²) in [5, 5.41) is 0. The topological polar surface area (TPSA) is 9.23 Å². The lowest BCUT2D eigenvalue weighted by Crippen LogP contribution is -2.02. The number of ether oxygens (including phenoxy) is 1. The predicted octanol–water partition coefficient (Wildman–Crippen LogP) is 2.77. The van der Waals surface area contributed by atoms with Gasteiger partial charge in [0, 0.05) is 6.61 Å². The van der Waals surface area contributed by atoms with Crippen molar-refractivity contribution in [2.75, 3.05) is 6.61 Å². The quantitative estimate of drug-likeness (QED) is 0.536. The molecule has 0 N–H and O–H groups in total. The molecule has 0 aromatic carbocycles. The molecule has 0 spiro atoms. The normalized spacial score (nSPS) is 14.3. The molecule has 0 rings (SSSR count). The highest BCUT2D eigenvalue weighted by Crippen LogP contribution is 1.95. The fourth-order valence-electron chi connectivity index (χ4n) is 0.773. The molecular weight excluding hydrogens is 124 g/mol. The van der Waals surface area contributed by atoms with Gasteiger partial charge in [0.2, 0.25) is 0 Å². The van der Waals surface area contributed by atoms with Gasteiger partial charge in [0.25, 0.3) is 0 Å². The van der Waals surface area contributed by atoms with Crippen molar-refractivity contribution in [2.24, 2.45) is 0 Å². The number of hydrogen-bond donors (Lipinski definition) is 0. The molecular formula is C9H18O. The van der Waals surface area contributed by atoms with Crippen LogP contribution in [0.4, 0.5) is 0 Å². The van der Waals surface area contributed by atoms with Gasteiger partial charge in [-0.1, -0.05) is 25.5 Å². The maximum Gasteiger partial charge on any atom is 0.0727 e. The van der Waals surface area contributed by atoms with E-state index in [-0.39, 0.29) is 6.10 Å². The monoisotopic (exact) mass is 142 g/mol. The van der Waals surface area contributed by atoms with E-state index in [0.717, 1.165) is 13.0 Å². The molecule has 1 nitrogen and oxygen atoms in total. The lowest BCUT2D eigenvalue weighted by atomic mass is 10.3. The Balaban J connectivity index is 3.26. The zero-order chi connectivity index (χ0) is 7.82. The van der Waals surface area contributed by atoms with Gasteiger partial charge in [0.05, 0.1) is 6.10 Å². The average Bonchev–Trinajstić information content (AvgIpc) is 1.89. The minimum Gasteiger partial charge on any atom is -0.375 e. The first kappa shape index (κ1) is 9.70. The summed E-state index contributed by atoms with van der Waals surface area (Å²) in [6.07, 6.45) is 6.97. The summed E-state index contributed by atoms with van der Waals surface area (Å²) in [6, 6.07) is 0. The van der Waals surface area contributed by atoms with Crippen LogP contribution in [0, 0.1) is 0 Å². The maximum atomic E-state index is 5.30. The minimum atomic E-state index is 0.288. The molecule has 0 fully saturated rings. The van der Waals surface area contributed by atoms with Gasteiger partial charge in [-0.15, -0.1) is 0 Å². The average molecular weight is 142 g/mol. The second-order valence-electron chi connectivity index (χ2n) is 2.38. The molecule has 0 aliphatic heterocycles. The van der Waals surface area contributed by atoms with Crippen molar-refractivity contribution >= 4 is 0 Å². The van der Waals surface area contributed by atoms with Gasteiger partial charge in [0.15, 0.2) is 0 Å².